The largest absolute Gasteiger partial charge is 0.390 e. The number of rotatable bonds is 14. The molecule has 0 saturated carbocycles. The number of hydrogen-bond acceptors (Lipinski definition) is 5. The van der Waals surface area contributed by atoms with Gasteiger partial charge in [-0.25, -0.2) is 8.78 Å². The van der Waals surface area contributed by atoms with E-state index in [4.69, 9.17) is 0 Å². The van der Waals surface area contributed by atoms with Gasteiger partial charge in [-0.05, 0) is 48.1 Å². The molecule has 1 heterocycles. The average Bonchev–Trinajstić information content (AvgIpc) is 2.89. The van der Waals surface area contributed by atoms with Gasteiger partial charge in [0, 0.05) is 25.7 Å². The first-order chi connectivity index (χ1) is 18.7. The molecule has 10 heteroatoms. The summed E-state index contributed by atoms with van der Waals surface area (Å²) in [6.45, 7) is 4.51. The second kappa shape index (κ2) is 14.7. The van der Waals surface area contributed by atoms with Crippen molar-refractivity contribution < 1.29 is 28.3 Å². The molecule has 3 N–H and O–H groups in total. The first-order valence-electron chi connectivity index (χ1n) is 13.4. The molecule has 0 aliphatic carbocycles. The smallest absolute Gasteiger partial charge is 0.243 e. The lowest BCUT2D eigenvalue weighted by Crippen LogP contribution is -2.57. The number of unbranched alkanes of at least 4 members (excludes halogenated alkanes) is 1. The van der Waals surface area contributed by atoms with Gasteiger partial charge in [-0.15, -0.1) is 0 Å². The number of aryl methyl sites for hydroxylation is 1. The molecule has 0 aromatic heterocycles. The number of aliphatic hydroxyl groups excluding tert-OH is 1. The Morgan fingerprint density at radius 1 is 0.974 bits per heavy atom. The molecular formula is C29H38F2N4O4. The summed E-state index contributed by atoms with van der Waals surface area (Å²) in [5.41, 5.74) is 2.49. The molecule has 8 nitrogen and oxygen atoms in total. The fraction of sp³-hybridized carbons (Fsp3) is 0.483. The van der Waals surface area contributed by atoms with E-state index >= 15 is 0 Å². The van der Waals surface area contributed by atoms with Crippen molar-refractivity contribution in [3.63, 3.8) is 0 Å². The van der Waals surface area contributed by atoms with E-state index < -0.39 is 29.7 Å². The third-order valence-corrected chi connectivity index (χ3v) is 6.74. The molecule has 212 valence electrons. The lowest BCUT2D eigenvalue weighted by atomic mass is 10.0. The Bertz CT molecular complexity index is 1130. The number of piperazine rings is 1. The number of hydrogen-bond donors (Lipinski definition) is 3. The van der Waals surface area contributed by atoms with Gasteiger partial charge in [-0.1, -0.05) is 44.5 Å². The van der Waals surface area contributed by atoms with E-state index in [2.05, 4.69) is 23.6 Å². The Hall–Kier alpha value is -3.37. The van der Waals surface area contributed by atoms with Crippen molar-refractivity contribution in [3.05, 3.63) is 70.8 Å². The zero-order valence-corrected chi connectivity index (χ0v) is 22.6. The highest BCUT2D eigenvalue weighted by molar-refractivity contribution is 5.95. The maximum Gasteiger partial charge on any atom is 0.243 e. The van der Waals surface area contributed by atoms with Gasteiger partial charge in [-0.2, -0.15) is 0 Å². The summed E-state index contributed by atoms with van der Waals surface area (Å²) in [5.74, 6) is -2.65. The topological polar surface area (TPSA) is 102 Å². The maximum absolute atomic E-state index is 13.8. The van der Waals surface area contributed by atoms with Crippen molar-refractivity contribution in [3.8, 4) is 0 Å². The van der Waals surface area contributed by atoms with Crippen LogP contribution in [0.25, 0.3) is 0 Å². The summed E-state index contributed by atoms with van der Waals surface area (Å²) in [5, 5.41) is 16.8. The van der Waals surface area contributed by atoms with E-state index in [1.807, 2.05) is 25.1 Å². The zero-order chi connectivity index (χ0) is 28.4. The molecule has 0 spiro atoms. The summed E-state index contributed by atoms with van der Waals surface area (Å²) in [4.78, 5) is 40.6. The van der Waals surface area contributed by atoms with E-state index in [1.54, 1.807) is 0 Å². The number of amides is 3. The fourth-order valence-corrected chi connectivity index (χ4v) is 4.56. The van der Waals surface area contributed by atoms with Crippen LogP contribution in [0, 0.1) is 11.6 Å². The lowest BCUT2D eigenvalue weighted by molar-refractivity contribution is -0.151. The van der Waals surface area contributed by atoms with Crippen molar-refractivity contribution in [1.29, 1.82) is 0 Å². The fourth-order valence-electron chi connectivity index (χ4n) is 4.56. The average molecular weight is 545 g/mol. The number of benzene rings is 2. The SMILES string of the molecule is CCCCN1CC(=O)N(CC(=O)N[C@@H](Cc2cc(F)cc(F)c2)[C@@H](O)CNCc2cccc(CC)c2)CC1=O. The molecular weight excluding hydrogens is 506 g/mol. The predicted molar refractivity (Wildman–Crippen MR) is 144 cm³/mol. The van der Waals surface area contributed by atoms with Crippen LogP contribution in [-0.2, 0) is 33.8 Å². The van der Waals surface area contributed by atoms with Gasteiger partial charge in [0.1, 0.15) is 24.7 Å². The zero-order valence-electron chi connectivity index (χ0n) is 22.6. The summed E-state index contributed by atoms with van der Waals surface area (Å²) in [6, 6.07) is 10.2. The molecule has 39 heavy (non-hydrogen) atoms. The molecule has 1 saturated heterocycles. The van der Waals surface area contributed by atoms with Gasteiger partial charge < -0.3 is 25.5 Å². The molecule has 2 aromatic carbocycles. The van der Waals surface area contributed by atoms with Crippen molar-refractivity contribution in [2.45, 2.75) is 58.2 Å². The molecule has 3 rings (SSSR count). The highest BCUT2D eigenvalue weighted by Crippen LogP contribution is 2.13. The Labute approximate surface area is 228 Å². The number of nitrogens with one attached hydrogen (secondary N) is 2. The van der Waals surface area contributed by atoms with Crippen LogP contribution in [0.15, 0.2) is 42.5 Å². The van der Waals surface area contributed by atoms with E-state index in [1.165, 1.54) is 15.4 Å². The number of nitrogens with zero attached hydrogens (tertiary/aromatic N) is 2. The van der Waals surface area contributed by atoms with Crippen LogP contribution in [0.4, 0.5) is 8.78 Å². The third kappa shape index (κ3) is 9.40. The Kier molecular flexibility index (Phi) is 11.4. The minimum atomic E-state index is -1.10. The van der Waals surface area contributed by atoms with Gasteiger partial charge in [0.2, 0.25) is 17.7 Å². The van der Waals surface area contributed by atoms with Crippen LogP contribution in [0.5, 0.6) is 0 Å². The van der Waals surface area contributed by atoms with Gasteiger partial charge in [0.15, 0.2) is 0 Å². The molecule has 0 unspecified atom stereocenters. The highest BCUT2D eigenvalue weighted by Gasteiger charge is 2.31. The first kappa shape index (κ1) is 30.2. The lowest BCUT2D eigenvalue weighted by Gasteiger charge is -2.34. The number of halogens is 2. The van der Waals surface area contributed by atoms with Crippen LogP contribution in [0.1, 0.15) is 43.4 Å². The van der Waals surface area contributed by atoms with Gasteiger partial charge in [0.25, 0.3) is 0 Å². The first-order valence-corrected chi connectivity index (χ1v) is 13.4. The van der Waals surface area contributed by atoms with Gasteiger partial charge in [0.05, 0.1) is 18.7 Å². The molecule has 2 atom stereocenters. The van der Waals surface area contributed by atoms with Crippen molar-refractivity contribution in [2.75, 3.05) is 32.7 Å². The van der Waals surface area contributed by atoms with Crippen LogP contribution in [-0.4, -0.2) is 77.5 Å². The predicted octanol–water partition coefficient (Wildman–Crippen LogP) is 2.18. The number of aliphatic hydroxyl groups is 1. The molecule has 1 aliphatic heterocycles. The summed E-state index contributed by atoms with van der Waals surface area (Å²) in [7, 11) is 0. The Morgan fingerprint density at radius 3 is 2.33 bits per heavy atom. The Morgan fingerprint density at radius 2 is 1.64 bits per heavy atom. The van der Waals surface area contributed by atoms with E-state index in [-0.39, 0.29) is 50.0 Å². The summed E-state index contributed by atoms with van der Waals surface area (Å²) >= 11 is 0. The van der Waals surface area contributed by atoms with Crippen molar-refractivity contribution in [2.24, 2.45) is 0 Å². The molecule has 0 radical (unpaired) electrons. The monoisotopic (exact) mass is 544 g/mol. The maximum atomic E-state index is 13.8. The second-order valence-electron chi connectivity index (χ2n) is 9.95. The quantitative estimate of drug-likeness (QED) is 0.339. The molecule has 3 amide bonds. The minimum absolute atomic E-state index is 0.0355. The highest BCUT2D eigenvalue weighted by atomic mass is 19.1. The normalized spacial score (nSPS) is 15.4. The summed E-state index contributed by atoms with van der Waals surface area (Å²) in [6.07, 6.45) is 1.45. The number of carbonyl (C=O) groups is 3. The van der Waals surface area contributed by atoms with Crippen LogP contribution < -0.4 is 10.6 Å². The van der Waals surface area contributed by atoms with E-state index in [0.717, 1.165) is 43.0 Å². The standard InChI is InChI=1S/C29H38F2N4O4/c1-3-5-9-34-18-29(39)35(19-28(34)38)17-27(37)33-25(13-22-11-23(30)14-24(31)12-22)26(36)16-32-15-21-8-6-7-20(4-2)10-21/h6-8,10-12,14,25-26,32,36H,3-5,9,13,15-19H2,1-2H3,(H,33,37)/t25-,26-/m0/s1. The van der Waals surface area contributed by atoms with Crippen molar-refractivity contribution in [1.82, 2.24) is 20.4 Å². The Balaban J connectivity index is 1.63. The second-order valence-corrected chi connectivity index (χ2v) is 9.95. The minimum Gasteiger partial charge on any atom is -0.390 e. The number of carbonyl (C=O) groups excluding carboxylic acids is 3. The van der Waals surface area contributed by atoms with E-state index in [0.29, 0.717) is 13.1 Å². The third-order valence-electron chi connectivity index (χ3n) is 6.74. The molecule has 1 aliphatic rings. The molecule has 2 aromatic rings. The van der Waals surface area contributed by atoms with Crippen LogP contribution in [0.3, 0.4) is 0 Å². The molecule has 0 bridgehead atoms. The van der Waals surface area contributed by atoms with Crippen molar-refractivity contribution >= 4 is 17.7 Å². The van der Waals surface area contributed by atoms with E-state index in [9.17, 15) is 28.3 Å². The molecule has 1 fully saturated rings. The summed E-state index contributed by atoms with van der Waals surface area (Å²) < 4.78 is 27.6. The van der Waals surface area contributed by atoms with Crippen LogP contribution >= 0.6 is 0 Å². The van der Waals surface area contributed by atoms with Crippen LogP contribution in [0.2, 0.25) is 0 Å². The van der Waals surface area contributed by atoms with Gasteiger partial charge in [-0.3, -0.25) is 14.4 Å². The van der Waals surface area contributed by atoms with Gasteiger partial charge >= 0.3 is 0 Å².